The molecule has 0 spiro atoms. The maximum absolute atomic E-state index is 12.9. The molecule has 7 heteroatoms. The number of aryl methyl sites for hydroxylation is 1. The number of pyridine rings is 1. The molecule has 1 aliphatic rings. The van der Waals surface area contributed by atoms with E-state index in [1.165, 1.54) is 37.9 Å². The molecule has 7 nitrogen and oxygen atoms in total. The van der Waals surface area contributed by atoms with Gasteiger partial charge in [0.1, 0.15) is 5.82 Å². The highest BCUT2D eigenvalue weighted by molar-refractivity contribution is 6.03. The number of hydrogen-bond acceptors (Lipinski definition) is 5. The van der Waals surface area contributed by atoms with E-state index in [0.717, 1.165) is 28.7 Å². The normalized spacial score (nSPS) is 14.5. The Morgan fingerprint density at radius 2 is 1.82 bits per heavy atom. The Hall–Kier alpha value is -3.58. The van der Waals surface area contributed by atoms with E-state index in [4.69, 9.17) is 0 Å². The van der Waals surface area contributed by atoms with Crippen molar-refractivity contribution in [1.82, 2.24) is 24.9 Å². The first-order valence-electron chi connectivity index (χ1n) is 11.5. The zero-order valence-electron chi connectivity index (χ0n) is 19.1. The van der Waals surface area contributed by atoms with E-state index < -0.39 is 0 Å². The van der Waals surface area contributed by atoms with Crippen LogP contribution in [0.15, 0.2) is 54.6 Å². The van der Waals surface area contributed by atoms with Crippen molar-refractivity contribution in [3.05, 3.63) is 77.1 Å². The number of carbonyl (C=O) groups is 1. The number of piperidine rings is 1. The maximum atomic E-state index is 12.9. The van der Waals surface area contributed by atoms with Crippen LogP contribution in [-0.2, 0) is 6.54 Å². The minimum absolute atomic E-state index is 0.289. The number of carbonyl (C=O) groups excluding carboxylic acids is 1. The summed E-state index contributed by atoms with van der Waals surface area (Å²) in [7, 11) is 0. The van der Waals surface area contributed by atoms with Gasteiger partial charge in [0.05, 0.1) is 16.9 Å². The Balaban J connectivity index is 1.32. The van der Waals surface area contributed by atoms with Crippen LogP contribution in [0.4, 0.5) is 5.82 Å². The van der Waals surface area contributed by atoms with Crippen molar-refractivity contribution in [2.24, 2.45) is 0 Å². The van der Waals surface area contributed by atoms with Crippen LogP contribution >= 0.6 is 0 Å². The number of hydrogen-bond donors (Lipinski definition) is 1. The summed E-state index contributed by atoms with van der Waals surface area (Å²) in [6, 6.07) is 18.1. The molecule has 0 bridgehead atoms. The minimum atomic E-state index is -0.319. The van der Waals surface area contributed by atoms with Gasteiger partial charge in [0, 0.05) is 11.9 Å². The molecule has 2 aromatic heterocycles. The molecule has 0 radical (unpaired) electrons. The topological polar surface area (TPSA) is 75.9 Å². The van der Waals surface area contributed by atoms with Gasteiger partial charge in [0.2, 0.25) is 0 Å². The molecule has 168 valence electrons. The standard InChI is InChI=1S/C26H28N6O/c1-18-8-4-5-9-23(18)32-19(2)25(29-30-32)26(33)28-24-13-11-21-16-20(10-12-22(21)27-24)17-31-14-6-3-7-15-31/h4-5,8-13,16H,3,6-7,14-15,17H2,1-2H3,(H,27,28,33). The van der Waals surface area contributed by atoms with E-state index >= 15 is 0 Å². The van der Waals surface area contributed by atoms with Crippen LogP contribution in [0, 0.1) is 13.8 Å². The zero-order valence-corrected chi connectivity index (χ0v) is 19.1. The lowest BCUT2D eigenvalue weighted by atomic mass is 10.1. The molecule has 0 aliphatic carbocycles. The summed E-state index contributed by atoms with van der Waals surface area (Å²) < 4.78 is 1.70. The monoisotopic (exact) mass is 440 g/mol. The highest BCUT2D eigenvalue weighted by Crippen LogP contribution is 2.21. The van der Waals surface area contributed by atoms with Gasteiger partial charge in [0.25, 0.3) is 5.91 Å². The van der Waals surface area contributed by atoms with Gasteiger partial charge < -0.3 is 5.32 Å². The van der Waals surface area contributed by atoms with E-state index in [-0.39, 0.29) is 11.6 Å². The Labute approximate surface area is 193 Å². The van der Waals surface area contributed by atoms with Crippen LogP contribution in [0.1, 0.15) is 46.6 Å². The quantitative estimate of drug-likeness (QED) is 0.488. The summed E-state index contributed by atoms with van der Waals surface area (Å²) in [6.45, 7) is 7.18. The molecule has 5 rings (SSSR count). The maximum Gasteiger partial charge on any atom is 0.279 e. The van der Waals surface area contributed by atoms with Gasteiger partial charge in [-0.3, -0.25) is 9.69 Å². The molecule has 0 atom stereocenters. The zero-order chi connectivity index (χ0) is 22.8. The number of benzene rings is 2. The first-order valence-corrected chi connectivity index (χ1v) is 11.5. The molecule has 1 amide bonds. The third-order valence-electron chi connectivity index (χ3n) is 6.30. The second kappa shape index (κ2) is 9.11. The van der Waals surface area contributed by atoms with Crippen LogP contribution in [0.3, 0.4) is 0 Å². The van der Waals surface area contributed by atoms with E-state index in [1.54, 1.807) is 4.68 Å². The molecular weight excluding hydrogens is 412 g/mol. The van der Waals surface area contributed by atoms with E-state index in [0.29, 0.717) is 11.5 Å². The van der Waals surface area contributed by atoms with Gasteiger partial charge in [-0.15, -0.1) is 5.10 Å². The summed E-state index contributed by atoms with van der Waals surface area (Å²) in [5, 5.41) is 12.3. The second-order valence-corrected chi connectivity index (χ2v) is 8.74. The number of nitrogens with one attached hydrogen (secondary N) is 1. The SMILES string of the molecule is Cc1ccccc1-n1nnc(C(=O)Nc2ccc3cc(CN4CCCCC4)ccc3n2)c1C. The lowest BCUT2D eigenvalue weighted by molar-refractivity contribution is 0.102. The third kappa shape index (κ3) is 4.50. The molecule has 0 unspecified atom stereocenters. The first-order chi connectivity index (χ1) is 16.1. The van der Waals surface area contributed by atoms with Crippen molar-refractivity contribution in [1.29, 1.82) is 0 Å². The van der Waals surface area contributed by atoms with Gasteiger partial charge in [-0.25, -0.2) is 9.67 Å². The lowest BCUT2D eigenvalue weighted by Gasteiger charge is -2.26. The van der Waals surface area contributed by atoms with Crippen molar-refractivity contribution in [3.63, 3.8) is 0 Å². The van der Waals surface area contributed by atoms with E-state index in [1.807, 2.05) is 56.3 Å². The molecule has 33 heavy (non-hydrogen) atoms. The number of amides is 1. The van der Waals surface area contributed by atoms with Gasteiger partial charge in [-0.2, -0.15) is 0 Å². The van der Waals surface area contributed by atoms with Gasteiger partial charge in [-0.05, 0) is 81.2 Å². The number of nitrogens with zero attached hydrogens (tertiary/aromatic N) is 5. The number of para-hydroxylation sites is 1. The van der Waals surface area contributed by atoms with E-state index in [9.17, 15) is 4.79 Å². The summed E-state index contributed by atoms with van der Waals surface area (Å²) in [5.74, 6) is 0.182. The minimum Gasteiger partial charge on any atom is -0.305 e. The summed E-state index contributed by atoms with van der Waals surface area (Å²) in [6.07, 6.45) is 3.92. The molecule has 1 fully saturated rings. The predicted molar refractivity (Wildman–Crippen MR) is 130 cm³/mol. The fourth-order valence-electron chi connectivity index (χ4n) is 4.46. The predicted octanol–water partition coefficient (Wildman–Crippen LogP) is 4.67. The number of anilines is 1. The Morgan fingerprint density at radius 1 is 1.00 bits per heavy atom. The van der Waals surface area contributed by atoms with Gasteiger partial charge >= 0.3 is 0 Å². The van der Waals surface area contributed by atoms with Crippen LogP contribution in [0.2, 0.25) is 0 Å². The molecule has 3 heterocycles. The molecule has 1 saturated heterocycles. The largest absolute Gasteiger partial charge is 0.305 e. The summed E-state index contributed by atoms with van der Waals surface area (Å²) >= 11 is 0. The molecule has 1 N–H and O–H groups in total. The van der Waals surface area contributed by atoms with Crippen molar-refractivity contribution in [2.45, 2.75) is 39.7 Å². The molecule has 2 aromatic carbocycles. The Bertz CT molecular complexity index is 1310. The van der Waals surface area contributed by atoms with Crippen LogP contribution < -0.4 is 5.32 Å². The fraction of sp³-hybridized carbons (Fsp3) is 0.308. The van der Waals surface area contributed by atoms with Gasteiger partial charge in [0.15, 0.2) is 5.69 Å². The number of aromatic nitrogens is 4. The molecular formula is C26H28N6O. The van der Waals surface area contributed by atoms with E-state index in [2.05, 4.69) is 37.6 Å². The van der Waals surface area contributed by atoms with Crippen LogP contribution in [0.5, 0.6) is 0 Å². The Kier molecular flexibility index (Phi) is 5.88. The number of fused-ring (bicyclic) bond motifs is 1. The van der Waals surface area contributed by atoms with Crippen LogP contribution in [0.25, 0.3) is 16.6 Å². The molecule has 0 saturated carbocycles. The summed E-state index contributed by atoms with van der Waals surface area (Å²) in [4.78, 5) is 20.1. The van der Waals surface area contributed by atoms with Crippen molar-refractivity contribution >= 4 is 22.6 Å². The lowest BCUT2D eigenvalue weighted by Crippen LogP contribution is -2.29. The van der Waals surface area contributed by atoms with Crippen molar-refractivity contribution in [2.75, 3.05) is 18.4 Å². The molecule has 4 aromatic rings. The number of likely N-dealkylation sites (tertiary alicyclic amines) is 1. The Morgan fingerprint density at radius 3 is 2.64 bits per heavy atom. The summed E-state index contributed by atoms with van der Waals surface area (Å²) in [5.41, 5.74) is 5.10. The van der Waals surface area contributed by atoms with Crippen molar-refractivity contribution in [3.8, 4) is 5.69 Å². The average Bonchev–Trinajstić information content (AvgIpc) is 3.21. The highest BCUT2D eigenvalue weighted by Gasteiger charge is 2.19. The second-order valence-electron chi connectivity index (χ2n) is 8.74. The molecule has 1 aliphatic heterocycles. The average molecular weight is 441 g/mol. The smallest absolute Gasteiger partial charge is 0.279 e. The first kappa shape index (κ1) is 21.3. The van der Waals surface area contributed by atoms with Crippen LogP contribution in [-0.4, -0.2) is 43.9 Å². The number of rotatable bonds is 5. The fourth-order valence-corrected chi connectivity index (χ4v) is 4.46. The highest BCUT2D eigenvalue weighted by atomic mass is 16.2. The van der Waals surface area contributed by atoms with Gasteiger partial charge in [-0.1, -0.05) is 35.9 Å². The van der Waals surface area contributed by atoms with Crippen molar-refractivity contribution < 1.29 is 4.79 Å². The third-order valence-corrected chi connectivity index (χ3v) is 6.30.